The number of nitro benzene ring substituents is 1. The normalized spacial score (nSPS) is 10.8. The Morgan fingerprint density at radius 2 is 1.86 bits per heavy atom. The number of carbonyl (C=O) groups is 1. The van der Waals surface area contributed by atoms with E-state index in [4.69, 9.17) is 4.52 Å². The maximum Gasteiger partial charge on any atom is 0.273 e. The van der Waals surface area contributed by atoms with E-state index in [9.17, 15) is 14.9 Å². The number of hydrogen-bond donors (Lipinski definition) is 1. The second-order valence-corrected chi connectivity index (χ2v) is 6.69. The maximum atomic E-state index is 12.3. The van der Waals surface area contributed by atoms with Gasteiger partial charge in [-0.15, -0.1) is 0 Å². The molecule has 0 aliphatic rings. The van der Waals surface area contributed by atoms with E-state index in [0.717, 1.165) is 16.3 Å². The Hall–Kier alpha value is -4.00. The van der Waals surface area contributed by atoms with E-state index in [0.29, 0.717) is 17.0 Å². The molecule has 29 heavy (non-hydrogen) atoms. The molecule has 3 aromatic carbocycles. The van der Waals surface area contributed by atoms with Crippen LogP contribution in [0.5, 0.6) is 0 Å². The second kappa shape index (κ2) is 7.55. The van der Waals surface area contributed by atoms with Crippen molar-refractivity contribution in [1.82, 2.24) is 10.5 Å². The zero-order valence-corrected chi connectivity index (χ0v) is 15.6. The van der Waals surface area contributed by atoms with Gasteiger partial charge in [0.25, 0.3) is 11.6 Å². The molecule has 144 valence electrons. The highest BCUT2D eigenvalue weighted by Crippen LogP contribution is 2.25. The van der Waals surface area contributed by atoms with Gasteiger partial charge in [0.2, 0.25) is 0 Å². The molecule has 1 amide bonds. The van der Waals surface area contributed by atoms with Gasteiger partial charge in [0.15, 0.2) is 5.76 Å². The summed E-state index contributed by atoms with van der Waals surface area (Å²) in [6.07, 6.45) is 0. The molecule has 4 aromatic rings. The summed E-state index contributed by atoms with van der Waals surface area (Å²) in [5.74, 6) is 0.189. The number of amides is 1. The predicted molar refractivity (Wildman–Crippen MR) is 108 cm³/mol. The molecule has 1 N–H and O–H groups in total. The van der Waals surface area contributed by atoms with Gasteiger partial charge >= 0.3 is 0 Å². The van der Waals surface area contributed by atoms with Gasteiger partial charge in [-0.05, 0) is 29.8 Å². The first-order valence-corrected chi connectivity index (χ1v) is 8.99. The third-order valence-electron chi connectivity index (χ3n) is 4.69. The van der Waals surface area contributed by atoms with Crippen LogP contribution in [-0.4, -0.2) is 16.0 Å². The fourth-order valence-corrected chi connectivity index (χ4v) is 3.09. The summed E-state index contributed by atoms with van der Waals surface area (Å²) in [6, 6.07) is 20.2. The van der Waals surface area contributed by atoms with Gasteiger partial charge in [-0.2, -0.15) is 0 Å². The van der Waals surface area contributed by atoms with E-state index in [1.807, 2.05) is 42.5 Å². The average Bonchev–Trinajstić information content (AvgIpc) is 3.21. The second-order valence-electron chi connectivity index (χ2n) is 6.69. The van der Waals surface area contributed by atoms with Crippen molar-refractivity contribution in [2.24, 2.45) is 0 Å². The van der Waals surface area contributed by atoms with E-state index >= 15 is 0 Å². The summed E-state index contributed by atoms with van der Waals surface area (Å²) in [5.41, 5.74) is 2.09. The Morgan fingerprint density at radius 3 is 2.66 bits per heavy atom. The van der Waals surface area contributed by atoms with Gasteiger partial charge in [0.1, 0.15) is 5.69 Å². The summed E-state index contributed by atoms with van der Waals surface area (Å²) in [7, 11) is 0. The molecule has 0 fully saturated rings. The number of aryl methyl sites for hydroxylation is 1. The van der Waals surface area contributed by atoms with Gasteiger partial charge in [-0.3, -0.25) is 14.9 Å². The first kappa shape index (κ1) is 18.4. The third kappa shape index (κ3) is 3.84. The van der Waals surface area contributed by atoms with Crippen LogP contribution >= 0.6 is 0 Å². The highest BCUT2D eigenvalue weighted by atomic mass is 16.6. The number of benzene rings is 3. The summed E-state index contributed by atoms with van der Waals surface area (Å²) in [5, 5.41) is 20.0. The van der Waals surface area contributed by atoms with Crippen molar-refractivity contribution in [1.29, 1.82) is 0 Å². The lowest BCUT2D eigenvalue weighted by Gasteiger charge is -2.04. The highest BCUT2D eigenvalue weighted by Gasteiger charge is 2.15. The molecule has 0 spiro atoms. The van der Waals surface area contributed by atoms with E-state index < -0.39 is 10.8 Å². The molecule has 0 unspecified atom stereocenters. The highest BCUT2D eigenvalue weighted by molar-refractivity contribution is 5.95. The molecule has 1 heterocycles. The third-order valence-corrected chi connectivity index (χ3v) is 4.69. The van der Waals surface area contributed by atoms with Gasteiger partial charge < -0.3 is 9.84 Å². The van der Waals surface area contributed by atoms with E-state index in [1.54, 1.807) is 25.1 Å². The zero-order chi connectivity index (χ0) is 20.4. The smallest absolute Gasteiger partial charge is 0.273 e. The van der Waals surface area contributed by atoms with Crippen LogP contribution in [0.2, 0.25) is 0 Å². The van der Waals surface area contributed by atoms with E-state index in [1.165, 1.54) is 6.07 Å². The Morgan fingerprint density at radius 1 is 1.07 bits per heavy atom. The molecule has 0 saturated heterocycles. The topological polar surface area (TPSA) is 98.3 Å². The Kier molecular flexibility index (Phi) is 4.78. The molecule has 0 saturated carbocycles. The molecule has 0 bridgehead atoms. The lowest BCUT2D eigenvalue weighted by atomic mass is 10.1. The zero-order valence-electron chi connectivity index (χ0n) is 15.6. The number of nitrogens with zero attached hydrogens (tertiary/aromatic N) is 2. The van der Waals surface area contributed by atoms with Crippen LogP contribution in [0.4, 0.5) is 5.69 Å². The molecule has 0 radical (unpaired) electrons. The number of hydrogen-bond acceptors (Lipinski definition) is 5. The summed E-state index contributed by atoms with van der Waals surface area (Å²) < 4.78 is 5.41. The quantitative estimate of drug-likeness (QED) is 0.397. The lowest BCUT2D eigenvalue weighted by molar-refractivity contribution is -0.385. The van der Waals surface area contributed by atoms with Gasteiger partial charge in [-0.25, -0.2) is 0 Å². The fourth-order valence-electron chi connectivity index (χ4n) is 3.09. The largest absolute Gasteiger partial charge is 0.356 e. The summed E-state index contributed by atoms with van der Waals surface area (Å²) >= 11 is 0. The lowest BCUT2D eigenvalue weighted by Crippen LogP contribution is -2.23. The van der Waals surface area contributed by atoms with Crippen LogP contribution in [0, 0.1) is 17.0 Å². The van der Waals surface area contributed by atoms with Crippen molar-refractivity contribution in [3.05, 3.63) is 93.7 Å². The average molecular weight is 387 g/mol. The summed E-state index contributed by atoms with van der Waals surface area (Å²) in [6.45, 7) is 1.78. The minimum atomic E-state index is -0.500. The van der Waals surface area contributed by atoms with Crippen LogP contribution < -0.4 is 5.32 Å². The van der Waals surface area contributed by atoms with Crippen molar-refractivity contribution >= 4 is 22.4 Å². The van der Waals surface area contributed by atoms with Crippen molar-refractivity contribution < 1.29 is 14.2 Å². The van der Waals surface area contributed by atoms with Crippen LogP contribution in [0.25, 0.3) is 22.1 Å². The van der Waals surface area contributed by atoms with Gasteiger partial charge in [0.05, 0.1) is 11.5 Å². The van der Waals surface area contributed by atoms with E-state index in [2.05, 4.69) is 10.5 Å². The first-order valence-electron chi connectivity index (χ1n) is 8.99. The van der Waals surface area contributed by atoms with Crippen LogP contribution in [0.1, 0.15) is 21.6 Å². The van der Waals surface area contributed by atoms with Crippen LogP contribution in [0.15, 0.2) is 71.3 Å². The molecule has 7 nitrogen and oxygen atoms in total. The van der Waals surface area contributed by atoms with Crippen molar-refractivity contribution in [3.8, 4) is 11.3 Å². The number of nitrogens with one attached hydrogen (secondary N) is 1. The number of nitro groups is 1. The molecule has 0 aliphatic heterocycles. The summed E-state index contributed by atoms with van der Waals surface area (Å²) in [4.78, 5) is 22.9. The molecular formula is C22H17N3O4. The minimum absolute atomic E-state index is 0.0855. The molecule has 0 atom stereocenters. The van der Waals surface area contributed by atoms with Crippen LogP contribution in [-0.2, 0) is 6.54 Å². The molecular weight excluding hydrogens is 370 g/mol. The number of fused-ring (bicyclic) bond motifs is 1. The minimum Gasteiger partial charge on any atom is -0.356 e. The van der Waals surface area contributed by atoms with E-state index in [-0.39, 0.29) is 17.8 Å². The Labute approximate surface area is 166 Å². The van der Waals surface area contributed by atoms with Crippen molar-refractivity contribution in [2.45, 2.75) is 13.5 Å². The Balaban J connectivity index is 1.47. The Bertz CT molecular complexity index is 1230. The van der Waals surface area contributed by atoms with Gasteiger partial charge in [-0.1, -0.05) is 47.6 Å². The van der Waals surface area contributed by atoms with Crippen LogP contribution in [0.3, 0.4) is 0 Å². The maximum absolute atomic E-state index is 12.3. The number of aromatic nitrogens is 1. The predicted octanol–water partition coefficient (Wildman–Crippen LogP) is 4.64. The van der Waals surface area contributed by atoms with Gasteiger partial charge in [0, 0.05) is 28.8 Å². The first-order chi connectivity index (χ1) is 14.0. The SMILES string of the molecule is Cc1ccc(C(=O)NCc2cc(-c3ccc4ccccc4c3)on2)cc1[N+](=O)[O-]. The number of carbonyl (C=O) groups excluding carboxylic acids is 1. The molecule has 0 aliphatic carbocycles. The van der Waals surface area contributed by atoms with Crippen molar-refractivity contribution in [3.63, 3.8) is 0 Å². The fraction of sp³-hybridized carbons (Fsp3) is 0.0909. The molecule has 4 rings (SSSR count). The number of rotatable bonds is 5. The molecule has 7 heteroatoms. The molecule has 1 aromatic heterocycles. The van der Waals surface area contributed by atoms with Crippen molar-refractivity contribution in [2.75, 3.05) is 0 Å². The monoisotopic (exact) mass is 387 g/mol. The standard InChI is InChI=1S/C22H17N3O4/c1-14-6-7-18(11-20(14)25(27)28)22(26)23-13-19-12-21(29-24-19)17-9-8-15-4-2-3-5-16(15)10-17/h2-12H,13H2,1H3,(H,23,26).